The molecule has 1 unspecified atom stereocenters. The Labute approximate surface area is 179 Å². The van der Waals surface area contributed by atoms with E-state index in [1.165, 1.54) is 5.56 Å². The Kier molecular flexibility index (Phi) is 6.55. The molecule has 4 atom stereocenters. The van der Waals surface area contributed by atoms with Crippen LogP contribution in [0.5, 0.6) is 0 Å². The number of nitrogens with one attached hydrogen (secondary N) is 1. The Hall–Kier alpha value is -1.77. The summed E-state index contributed by atoms with van der Waals surface area (Å²) in [6.45, 7) is 2.67. The number of hydrogen-bond acceptors (Lipinski definition) is 5. The highest BCUT2D eigenvalue weighted by molar-refractivity contribution is 7.70. The fourth-order valence-electron chi connectivity index (χ4n) is 5.19. The van der Waals surface area contributed by atoms with E-state index in [1.807, 2.05) is 42.5 Å². The maximum atomic E-state index is 11.1. The van der Waals surface area contributed by atoms with Crippen molar-refractivity contribution in [2.45, 2.75) is 37.5 Å². The molecule has 0 spiro atoms. The van der Waals surface area contributed by atoms with Crippen molar-refractivity contribution in [3.63, 3.8) is 0 Å². The second kappa shape index (κ2) is 9.16. The third kappa shape index (κ3) is 5.28. The first-order valence-electron chi connectivity index (χ1n) is 10.5. The lowest BCUT2D eigenvalue weighted by Gasteiger charge is -2.27. The number of thiol groups is 1. The fraction of sp³-hybridized carbons (Fsp3) is 0.478. The van der Waals surface area contributed by atoms with Gasteiger partial charge in [-0.1, -0.05) is 54.6 Å². The van der Waals surface area contributed by atoms with Gasteiger partial charge in [0.05, 0.1) is 11.7 Å². The van der Waals surface area contributed by atoms with E-state index >= 15 is 0 Å². The molecule has 0 amide bonds. The molecule has 0 radical (unpaired) electrons. The summed E-state index contributed by atoms with van der Waals surface area (Å²) < 4.78 is 23.6. The molecule has 2 fully saturated rings. The highest BCUT2D eigenvalue weighted by Crippen LogP contribution is 2.45. The zero-order valence-corrected chi connectivity index (χ0v) is 17.9. The van der Waals surface area contributed by atoms with Crippen molar-refractivity contribution in [3.05, 3.63) is 71.3 Å². The first-order valence-corrected chi connectivity index (χ1v) is 11.7. The zero-order chi connectivity index (χ0) is 21.1. The Morgan fingerprint density at radius 1 is 1.00 bits per heavy atom. The summed E-state index contributed by atoms with van der Waals surface area (Å²) in [6.07, 6.45) is 1.78. The van der Waals surface area contributed by atoms with E-state index in [-0.39, 0.29) is 6.54 Å². The largest absolute Gasteiger partial charge is 0.390 e. The Bertz CT molecular complexity index is 895. The molecule has 7 heteroatoms. The van der Waals surface area contributed by atoms with Gasteiger partial charge in [-0.2, -0.15) is 0 Å². The van der Waals surface area contributed by atoms with Crippen LogP contribution in [0.4, 0.5) is 0 Å². The van der Waals surface area contributed by atoms with Gasteiger partial charge in [-0.05, 0) is 41.4 Å². The van der Waals surface area contributed by atoms with Gasteiger partial charge in [-0.3, -0.25) is 4.90 Å². The van der Waals surface area contributed by atoms with Gasteiger partial charge in [0.1, 0.15) is 0 Å². The molecule has 1 saturated heterocycles. The van der Waals surface area contributed by atoms with E-state index in [4.69, 9.17) is 0 Å². The first kappa shape index (κ1) is 21.5. The fourth-order valence-corrected chi connectivity index (χ4v) is 5.50. The number of fused-ring (bicyclic) bond motifs is 1. The van der Waals surface area contributed by atoms with Crippen molar-refractivity contribution in [2.75, 3.05) is 19.6 Å². The molecule has 1 saturated carbocycles. The monoisotopic (exact) mass is 430 g/mol. The number of hydrogen-bond donors (Lipinski definition) is 4. The summed E-state index contributed by atoms with van der Waals surface area (Å²) in [5, 5.41) is 21.7. The topological polar surface area (TPSA) is 89.9 Å². The van der Waals surface area contributed by atoms with Crippen LogP contribution in [-0.2, 0) is 23.9 Å². The molecule has 1 aliphatic heterocycles. The predicted molar refractivity (Wildman–Crippen MR) is 116 cm³/mol. The van der Waals surface area contributed by atoms with Gasteiger partial charge in [-0.15, -0.1) is 0 Å². The normalized spacial score (nSPS) is 27.4. The molecular weight excluding hydrogens is 400 g/mol. The molecule has 4 rings (SSSR count). The molecule has 30 heavy (non-hydrogen) atoms. The van der Waals surface area contributed by atoms with Crippen LogP contribution < -0.4 is 4.72 Å². The van der Waals surface area contributed by atoms with E-state index in [0.29, 0.717) is 24.8 Å². The van der Waals surface area contributed by atoms with E-state index < -0.39 is 22.6 Å². The lowest BCUT2D eigenvalue weighted by atomic mass is 9.91. The zero-order valence-electron chi connectivity index (χ0n) is 17.0. The highest BCUT2D eigenvalue weighted by atomic mass is 32.2. The van der Waals surface area contributed by atoms with Crippen LogP contribution >= 0.6 is 0 Å². The predicted octanol–water partition coefficient (Wildman–Crippen LogP) is 1.65. The van der Waals surface area contributed by atoms with Gasteiger partial charge in [0.25, 0.3) is 0 Å². The summed E-state index contributed by atoms with van der Waals surface area (Å²) in [5.74, 6) is 0.960. The van der Waals surface area contributed by atoms with Crippen LogP contribution in [0.1, 0.15) is 35.6 Å². The highest BCUT2D eigenvalue weighted by Gasteiger charge is 2.48. The second-order valence-corrected chi connectivity index (χ2v) is 9.71. The molecule has 3 N–H and O–H groups in total. The molecule has 2 aromatic rings. The average molecular weight is 431 g/mol. The van der Waals surface area contributed by atoms with Crippen molar-refractivity contribution in [3.8, 4) is 0 Å². The summed E-state index contributed by atoms with van der Waals surface area (Å²) in [4.78, 5) is 2.31. The van der Waals surface area contributed by atoms with Gasteiger partial charge < -0.3 is 10.2 Å². The molecule has 0 bridgehead atoms. The van der Waals surface area contributed by atoms with Gasteiger partial charge in [0.15, 0.2) is 0 Å². The van der Waals surface area contributed by atoms with Gasteiger partial charge in [0.2, 0.25) is 10.9 Å². The molecule has 162 valence electrons. The third-order valence-electron chi connectivity index (χ3n) is 6.52. The Balaban J connectivity index is 1.28. The van der Waals surface area contributed by atoms with Gasteiger partial charge >= 0.3 is 0 Å². The van der Waals surface area contributed by atoms with E-state index in [9.17, 15) is 18.6 Å². The van der Waals surface area contributed by atoms with Crippen LogP contribution in [0, 0.1) is 11.8 Å². The molecule has 2 aromatic carbocycles. The van der Waals surface area contributed by atoms with Crippen molar-refractivity contribution in [1.29, 1.82) is 0 Å². The molecular formula is C23H30N2O4S. The van der Waals surface area contributed by atoms with Crippen molar-refractivity contribution in [2.24, 2.45) is 11.8 Å². The summed E-state index contributed by atoms with van der Waals surface area (Å²) in [5.41, 5.74) is 2.27. The first-order chi connectivity index (χ1) is 14.4. The van der Waals surface area contributed by atoms with Crippen molar-refractivity contribution in [1.82, 2.24) is 9.62 Å². The van der Waals surface area contributed by atoms with Crippen LogP contribution in [0.15, 0.2) is 54.6 Å². The minimum atomic E-state index is -2.60. The Morgan fingerprint density at radius 3 is 2.23 bits per heavy atom. The van der Waals surface area contributed by atoms with Crippen LogP contribution in [0.2, 0.25) is 0 Å². The summed E-state index contributed by atoms with van der Waals surface area (Å²) in [7, 11) is -2.60. The molecule has 2 aliphatic rings. The summed E-state index contributed by atoms with van der Waals surface area (Å²) >= 11 is 0. The molecule has 6 nitrogen and oxygen atoms in total. The molecule has 0 aromatic heterocycles. The van der Waals surface area contributed by atoms with Crippen LogP contribution in [0.3, 0.4) is 0 Å². The van der Waals surface area contributed by atoms with E-state index in [0.717, 1.165) is 37.1 Å². The standard InChI is InChI=1S/C23H30N2O4S/c26-22(19-8-6-18(7-9-19)13-24-30(28)29)16-25-14-20-11-23(27,12-21(20)15-25)10-17-4-2-1-3-5-17/h1-9,20-22,26-27,30H,10-16H2,(H,24,28,29)/t20-,21+,22?,23-. The Morgan fingerprint density at radius 2 is 1.63 bits per heavy atom. The van der Waals surface area contributed by atoms with Crippen LogP contribution in [-0.4, -0.2) is 48.8 Å². The number of likely N-dealkylation sites (tertiary alicyclic amines) is 1. The number of β-amino-alcohol motifs (C(OH)–C–C–N with tert-alkyl or cyclic N) is 1. The van der Waals surface area contributed by atoms with Crippen LogP contribution in [0.25, 0.3) is 0 Å². The maximum Gasteiger partial charge on any atom is 0.201 e. The van der Waals surface area contributed by atoms with Crippen molar-refractivity contribution < 1.29 is 18.6 Å². The average Bonchev–Trinajstić information content (AvgIpc) is 3.21. The lowest BCUT2D eigenvalue weighted by Crippen LogP contribution is -2.33. The maximum absolute atomic E-state index is 11.1. The summed E-state index contributed by atoms with van der Waals surface area (Å²) in [6, 6.07) is 17.6. The number of rotatable bonds is 8. The quantitative estimate of drug-likeness (QED) is 0.478. The smallest absolute Gasteiger partial charge is 0.201 e. The van der Waals surface area contributed by atoms with Gasteiger partial charge in [-0.25, -0.2) is 13.1 Å². The third-order valence-corrected chi connectivity index (χ3v) is 6.94. The SMILES string of the molecule is O=[SH](=O)NCc1ccc(C(O)CN2C[C@@H]3C[C@@](O)(Cc4ccccc4)C[C@@H]3C2)cc1. The van der Waals surface area contributed by atoms with E-state index in [1.54, 1.807) is 0 Å². The van der Waals surface area contributed by atoms with E-state index in [2.05, 4.69) is 21.8 Å². The number of nitrogens with zero attached hydrogens (tertiary/aromatic N) is 1. The minimum Gasteiger partial charge on any atom is -0.390 e. The molecule has 1 aliphatic carbocycles. The number of aliphatic hydroxyl groups excluding tert-OH is 1. The second-order valence-electron chi connectivity index (χ2n) is 8.88. The number of benzene rings is 2. The minimum absolute atomic E-state index is 0.260. The number of aliphatic hydroxyl groups is 2. The van der Waals surface area contributed by atoms with Gasteiger partial charge in [0, 0.05) is 32.6 Å². The lowest BCUT2D eigenvalue weighted by molar-refractivity contribution is 0.0328. The van der Waals surface area contributed by atoms with Crippen molar-refractivity contribution >= 4 is 10.9 Å². The molecule has 1 heterocycles.